The van der Waals surface area contributed by atoms with E-state index in [1.165, 1.54) is 12.2 Å². The minimum atomic E-state index is 0.0601. The highest BCUT2D eigenvalue weighted by molar-refractivity contribution is 5.68. The summed E-state index contributed by atoms with van der Waals surface area (Å²) in [5.41, 5.74) is 0. The van der Waals surface area contributed by atoms with Crippen LogP contribution in [0.15, 0.2) is 36.6 Å². The van der Waals surface area contributed by atoms with E-state index in [4.69, 9.17) is 10.5 Å². The molecule has 0 saturated heterocycles. The highest BCUT2D eigenvalue weighted by Crippen LogP contribution is 1.87. The Morgan fingerprint density at radius 1 is 1.56 bits per heavy atom. The van der Waals surface area contributed by atoms with Crippen LogP contribution >= 0.6 is 0 Å². The highest BCUT2D eigenvalue weighted by Gasteiger charge is 1.76. The molecule has 0 aliphatic heterocycles. The van der Waals surface area contributed by atoms with Gasteiger partial charge in [0, 0.05) is 6.21 Å². The molecule has 0 aliphatic rings. The molecule has 2 N–H and O–H groups in total. The zero-order valence-corrected chi connectivity index (χ0v) is 5.04. The quantitative estimate of drug-likeness (QED) is 0.335. The minimum absolute atomic E-state index is 0.0601. The third kappa shape index (κ3) is 4.55. The summed E-state index contributed by atoms with van der Waals surface area (Å²) in [6, 6.07) is 0. The molecule has 0 bridgehead atoms. The zero-order valence-electron chi connectivity index (χ0n) is 5.04. The van der Waals surface area contributed by atoms with E-state index in [1.54, 1.807) is 12.2 Å². The van der Waals surface area contributed by atoms with Gasteiger partial charge < -0.3 is 10.5 Å². The number of rotatable bonds is 3. The van der Waals surface area contributed by atoms with Crippen LogP contribution in [-0.4, -0.2) is 11.3 Å². The van der Waals surface area contributed by atoms with Crippen molar-refractivity contribution in [3.05, 3.63) is 36.6 Å². The Kier molecular flexibility index (Phi) is 4.14. The average Bonchev–Trinajstić information content (AvgIpc) is 1.85. The van der Waals surface area contributed by atoms with Gasteiger partial charge in [-0.25, -0.2) is 0 Å². The SMILES string of the molecule is C=C/C=C/C(O)=C\C=N. The topological polar surface area (TPSA) is 44.1 Å². The zero-order chi connectivity index (χ0) is 7.11. The van der Waals surface area contributed by atoms with Crippen molar-refractivity contribution in [1.82, 2.24) is 0 Å². The summed E-state index contributed by atoms with van der Waals surface area (Å²) in [4.78, 5) is 0. The first-order valence-corrected chi connectivity index (χ1v) is 2.50. The normalized spacial score (nSPS) is 11.8. The number of hydrogen-bond acceptors (Lipinski definition) is 2. The van der Waals surface area contributed by atoms with Crippen molar-refractivity contribution in [2.45, 2.75) is 0 Å². The molecule has 2 heteroatoms. The summed E-state index contributed by atoms with van der Waals surface area (Å²) in [5, 5.41) is 15.3. The Morgan fingerprint density at radius 3 is 2.67 bits per heavy atom. The summed E-state index contributed by atoms with van der Waals surface area (Å²) < 4.78 is 0. The second kappa shape index (κ2) is 4.84. The minimum Gasteiger partial charge on any atom is -0.508 e. The van der Waals surface area contributed by atoms with Gasteiger partial charge >= 0.3 is 0 Å². The largest absolute Gasteiger partial charge is 0.508 e. The maximum absolute atomic E-state index is 8.76. The molecule has 48 valence electrons. The maximum Gasteiger partial charge on any atom is 0.117 e. The van der Waals surface area contributed by atoms with E-state index in [0.29, 0.717) is 0 Å². The van der Waals surface area contributed by atoms with Gasteiger partial charge in [0.15, 0.2) is 0 Å². The summed E-state index contributed by atoms with van der Waals surface area (Å²) in [6.07, 6.45) is 6.89. The summed E-state index contributed by atoms with van der Waals surface area (Å²) in [7, 11) is 0. The van der Waals surface area contributed by atoms with Crippen LogP contribution in [0.25, 0.3) is 0 Å². The van der Waals surface area contributed by atoms with E-state index in [1.807, 2.05) is 0 Å². The average molecular weight is 123 g/mol. The number of allylic oxidation sites excluding steroid dienone is 4. The first-order chi connectivity index (χ1) is 4.31. The van der Waals surface area contributed by atoms with Crippen LogP contribution in [0.5, 0.6) is 0 Å². The van der Waals surface area contributed by atoms with Gasteiger partial charge in [0.05, 0.1) is 0 Å². The number of aliphatic hydroxyl groups excluding tert-OH is 1. The third-order valence-electron chi connectivity index (χ3n) is 0.657. The van der Waals surface area contributed by atoms with Crippen LogP contribution in [0, 0.1) is 5.41 Å². The maximum atomic E-state index is 8.76. The fourth-order valence-corrected chi connectivity index (χ4v) is 0.308. The van der Waals surface area contributed by atoms with Gasteiger partial charge in [0.2, 0.25) is 0 Å². The fourth-order valence-electron chi connectivity index (χ4n) is 0.308. The van der Waals surface area contributed by atoms with Crippen LogP contribution in [0.3, 0.4) is 0 Å². The standard InChI is InChI=1S/C7H9NO/c1-2-3-4-7(9)5-6-8/h2-6,8-9H,1H2/b4-3+,7-5+,8-6?. The van der Waals surface area contributed by atoms with Crippen LogP contribution in [-0.2, 0) is 0 Å². The van der Waals surface area contributed by atoms with E-state index in [9.17, 15) is 0 Å². The molecular formula is C7H9NO. The number of aliphatic hydroxyl groups is 1. The number of nitrogens with one attached hydrogen (secondary N) is 1. The lowest BCUT2D eigenvalue weighted by molar-refractivity contribution is 0.433. The fraction of sp³-hybridized carbons (Fsp3) is 0. The van der Waals surface area contributed by atoms with Gasteiger partial charge in [0.1, 0.15) is 5.76 Å². The molecule has 0 aromatic rings. The van der Waals surface area contributed by atoms with Crippen LogP contribution in [0.4, 0.5) is 0 Å². The van der Waals surface area contributed by atoms with E-state index < -0.39 is 0 Å². The predicted molar refractivity (Wildman–Crippen MR) is 38.8 cm³/mol. The Hall–Kier alpha value is -1.31. The van der Waals surface area contributed by atoms with Gasteiger partial charge in [-0.05, 0) is 12.2 Å². The summed E-state index contributed by atoms with van der Waals surface area (Å²) >= 11 is 0. The van der Waals surface area contributed by atoms with Crippen molar-refractivity contribution in [2.75, 3.05) is 0 Å². The lowest BCUT2D eigenvalue weighted by Gasteiger charge is -1.82. The lowest BCUT2D eigenvalue weighted by Crippen LogP contribution is -1.72. The Labute approximate surface area is 54.3 Å². The molecule has 0 atom stereocenters. The lowest BCUT2D eigenvalue weighted by atomic mass is 10.4. The molecule has 0 radical (unpaired) electrons. The molecule has 0 fully saturated rings. The van der Waals surface area contributed by atoms with Crippen LogP contribution in [0.1, 0.15) is 0 Å². The Bertz CT molecular complexity index is 156. The molecule has 0 aromatic heterocycles. The highest BCUT2D eigenvalue weighted by atomic mass is 16.3. The monoisotopic (exact) mass is 123 g/mol. The first-order valence-electron chi connectivity index (χ1n) is 2.50. The summed E-state index contributed by atoms with van der Waals surface area (Å²) in [5.74, 6) is 0.0601. The second-order valence-electron chi connectivity index (χ2n) is 1.35. The van der Waals surface area contributed by atoms with Gasteiger partial charge in [0.25, 0.3) is 0 Å². The molecule has 0 rings (SSSR count). The number of hydrogen-bond donors (Lipinski definition) is 2. The van der Waals surface area contributed by atoms with Gasteiger partial charge in [-0.1, -0.05) is 18.7 Å². The summed E-state index contributed by atoms with van der Waals surface area (Å²) in [6.45, 7) is 3.41. The molecule has 0 heterocycles. The van der Waals surface area contributed by atoms with Crippen molar-refractivity contribution in [1.29, 1.82) is 5.41 Å². The van der Waals surface area contributed by atoms with Gasteiger partial charge in [-0.15, -0.1) is 0 Å². The molecule has 0 saturated carbocycles. The van der Waals surface area contributed by atoms with Crippen molar-refractivity contribution in [3.8, 4) is 0 Å². The van der Waals surface area contributed by atoms with E-state index in [-0.39, 0.29) is 5.76 Å². The smallest absolute Gasteiger partial charge is 0.117 e. The third-order valence-corrected chi connectivity index (χ3v) is 0.657. The van der Waals surface area contributed by atoms with Crippen LogP contribution < -0.4 is 0 Å². The molecule has 0 aromatic carbocycles. The first kappa shape index (κ1) is 7.69. The molecule has 0 amide bonds. The van der Waals surface area contributed by atoms with E-state index in [0.717, 1.165) is 6.21 Å². The predicted octanol–water partition coefficient (Wildman–Crippen LogP) is 1.82. The van der Waals surface area contributed by atoms with Gasteiger partial charge in [-0.2, -0.15) is 0 Å². The molecule has 0 spiro atoms. The van der Waals surface area contributed by atoms with Crippen molar-refractivity contribution < 1.29 is 5.11 Å². The molecular weight excluding hydrogens is 114 g/mol. The Balaban J connectivity index is 3.88. The second-order valence-corrected chi connectivity index (χ2v) is 1.35. The molecule has 9 heavy (non-hydrogen) atoms. The molecule has 0 aliphatic carbocycles. The van der Waals surface area contributed by atoms with E-state index in [2.05, 4.69) is 6.58 Å². The molecule has 2 nitrogen and oxygen atoms in total. The molecule has 0 unspecified atom stereocenters. The van der Waals surface area contributed by atoms with E-state index >= 15 is 0 Å². The van der Waals surface area contributed by atoms with Crippen molar-refractivity contribution in [3.63, 3.8) is 0 Å². The van der Waals surface area contributed by atoms with Crippen molar-refractivity contribution in [2.24, 2.45) is 0 Å². The van der Waals surface area contributed by atoms with Crippen LogP contribution in [0.2, 0.25) is 0 Å². The van der Waals surface area contributed by atoms with Crippen molar-refractivity contribution >= 4 is 6.21 Å². The van der Waals surface area contributed by atoms with Gasteiger partial charge in [-0.3, -0.25) is 0 Å². The Morgan fingerprint density at radius 2 is 2.22 bits per heavy atom.